The zero-order valence-electron chi connectivity index (χ0n) is 7.13. The molecule has 0 aromatic heterocycles. The molecular formula is C9H13IO2. The lowest BCUT2D eigenvalue weighted by Crippen LogP contribution is -2.34. The third kappa shape index (κ3) is 2.92. The molecule has 0 radical (unpaired) electrons. The fraction of sp³-hybridized carbons (Fsp3) is 0.778. The lowest BCUT2D eigenvalue weighted by Gasteiger charge is -2.28. The Bertz CT molecular complexity index is 176. The van der Waals surface area contributed by atoms with Crippen LogP contribution in [-0.4, -0.2) is 22.9 Å². The van der Waals surface area contributed by atoms with Crippen molar-refractivity contribution >= 4 is 22.6 Å². The highest BCUT2D eigenvalue weighted by Gasteiger charge is 2.25. The van der Waals surface area contributed by atoms with Crippen molar-refractivity contribution in [2.24, 2.45) is 0 Å². The second-order valence-electron chi connectivity index (χ2n) is 2.84. The van der Waals surface area contributed by atoms with Gasteiger partial charge in [-0.3, -0.25) is 0 Å². The third-order valence-electron chi connectivity index (χ3n) is 1.77. The molecule has 0 spiro atoms. The Labute approximate surface area is 87.1 Å². The van der Waals surface area contributed by atoms with Gasteiger partial charge >= 0.3 is 0 Å². The van der Waals surface area contributed by atoms with Crippen molar-refractivity contribution in [3.63, 3.8) is 0 Å². The fourth-order valence-corrected chi connectivity index (χ4v) is 1.90. The maximum Gasteiger partial charge on any atom is 0.170 e. The molecule has 68 valence electrons. The van der Waals surface area contributed by atoms with Crippen LogP contribution < -0.4 is 0 Å². The first-order chi connectivity index (χ1) is 5.74. The van der Waals surface area contributed by atoms with Gasteiger partial charge in [0.25, 0.3) is 0 Å². The van der Waals surface area contributed by atoms with Crippen molar-refractivity contribution in [2.75, 3.05) is 6.61 Å². The monoisotopic (exact) mass is 280 g/mol. The normalized spacial score (nSPS) is 32.4. The average molecular weight is 280 g/mol. The van der Waals surface area contributed by atoms with E-state index < -0.39 is 0 Å². The molecule has 0 bridgehead atoms. The van der Waals surface area contributed by atoms with Crippen molar-refractivity contribution < 1.29 is 9.47 Å². The minimum absolute atomic E-state index is 0.106. The van der Waals surface area contributed by atoms with Crippen molar-refractivity contribution in [1.82, 2.24) is 0 Å². The quantitative estimate of drug-likeness (QED) is 0.437. The molecule has 0 amide bonds. The molecule has 0 aromatic carbocycles. The SMILES string of the molecule is C#C[C@@H](C)O[C@@H]1OCCC[C@H]1I. The van der Waals surface area contributed by atoms with Crippen molar-refractivity contribution in [2.45, 2.75) is 36.1 Å². The standard InChI is InChI=1S/C9H13IO2/c1-3-7(2)12-9-8(10)5-4-6-11-9/h1,7-9H,4-6H2,2H3/t7-,8-,9+/m1/s1. The number of ether oxygens (including phenoxy) is 2. The lowest BCUT2D eigenvalue weighted by atomic mass is 10.2. The van der Waals surface area contributed by atoms with Gasteiger partial charge in [0.05, 0.1) is 3.92 Å². The summed E-state index contributed by atoms with van der Waals surface area (Å²) in [5.74, 6) is 2.53. The summed E-state index contributed by atoms with van der Waals surface area (Å²) in [6.07, 6.45) is 7.23. The molecule has 1 heterocycles. The van der Waals surface area contributed by atoms with Crippen LogP contribution in [0.15, 0.2) is 0 Å². The molecule has 3 atom stereocenters. The van der Waals surface area contributed by atoms with E-state index in [1.54, 1.807) is 0 Å². The molecule has 3 heteroatoms. The van der Waals surface area contributed by atoms with E-state index in [-0.39, 0.29) is 12.4 Å². The van der Waals surface area contributed by atoms with E-state index in [2.05, 4.69) is 28.5 Å². The zero-order valence-corrected chi connectivity index (χ0v) is 9.28. The predicted octanol–water partition coefficient (Wildman–Crippen LogP) is 1.96. The van der Waals surface area contributed by atoms with Gasteiger partial charge in [0.1, 0.15) is 6.10 Å². The number of halogens is 1. The van der Waals surface area contributed by atoms with Gasteiger partial charge in [-0.15, -0.1) is 6.42 Å². The molecule has 0 N–H and O–H groups in total. The van der Waals surface area contributed by atoms with Crippen LogP contribution >= 0.6 is 22.6 Å². The van der Waals surface area contributed by atoms with Crippen molar-refractivity contribution in [3.05, 3.63) is 0 Å². The molecule has 1 rings (SSSR count). The fourth-order valence-electron chi connectivity index (χ4n) is 1.08. The number of hydrogen-bond acceptors (Lipinski definition) is 2. The first kappa shape index (κ1) is 10.3. The van der Waals surface area contributed by atoms with E-state index in [0.29, 0.717) is 3.92 Å². The summed E-state index contributed by atoms with van der Waals surface area (Å²) in [7, 11) is 0. The molecule has 1 fully saturated rings. The highest BCUT2D eigenvalue weighted by atomic mass is 127. The number of alkyl halides is 1. The molecular weight excluding hydrogens is 267 g/mol. The van der Waals surface area contributed by atoms with Crippen LogP contribution in [0.3, 0.4) is 0 Å². The zero-order chi connectivity index (χ0) is 8.97. The molecule has 2 nitrogen and oxygen atoms in total. The summed E-state index contributed by atoms with van der Waals surface area (Å²) < 4.78 is 11.4. The molecule has 1 aliphatic heterocycles. The Hall–Kier alpha value is 0.210. The molecule has 0 aromatic rings. The maximum absolute atomic E-state index is 5.49. The minimum Gasteiger partial charge on any atom is -0.351 e. The van der Waals surface area contributed by atoms with E-state index in [4.69, 9.17) is 15.9 Å². The van der Waals surface area contributed by atoms with Gasteiger partial charge in [-0.1, -0.05) is 28.5 Å². The van der Waals surface area contributed by atoms with Gasteiger partial charge in [-0.25, -0.2) is 0 Å². The topological polar surface area (TPSA) is 18.5 Å². The largest absolute Gasteiger partial charge is 0.351 e. The number of rotatable bonds is 2. The van der Waals surface area contributed by atoms with Gasteiger partial charge in [-0.2, -0.15) is 0 Å². The smallest absolute Gasteiger partial charge is 0.170 e. The Kier molecular flexibility index (Phi) is 4.33. The molecule has 1 aliphatic rings. The first-order valence-corrected chi connectivity index (χ1v) is 5.36. The van der Waals surface area contributed by atoms with Gasteiger partial charge in [0, 0.05) is 6.61 Å². The van der Waals surface area contributed by atoms with Gasteiger partial charge in [0.15, 0.2) is 6.29 Å². The molecule has 0 unspecified atom stereocenters. The highest BCUT2D eigenvalue weighted by molar-refractivity contribution is 14.1. The lowest BCUT2D eigenvalue weighted by molar-refractivity contribution is -0.166. The second kappa shape index (κ2) is 5.05. The summed E-state index contributed by atoms with van der Waals surface area (Å²) in [4.78, 5) is 0. The van der Waals surface area contributed by atoms with Crippen LogP contribution in [0.4, 0.5) is 0 Å². The van der Waals surface area contributed by atoms with Crippen LogP contribution in [0.25, 0.3) is 0 Å². The first-order valence-electron chi connectivity index (χ1n) is 4.11. The van der Waals surface area contributed by atoms with Gasteiger partial charge in [-0.05, 0) is 19.8 Å². The average Bonchev–Trinajstić information content (AvgIpc) is 2.09. The van der Waals surface area contributed by atoms with E-state index in [9.17, 15) is 0 Å². The van der Waals surface area contributed by atoms with Crippen molar-refractivity contribution in [3.8, 4) is 12.3 Å². The summed E-state index contributed by atoms with van der Waals surface area (Å²) in [6, 6.07) is 0. The Morgan fingerprint density at radius 2 is 2.50 bits per heavy atom. The summed E-state index contributed by atoms with van der Waals surface area (Å²) in [5, 5.41) is 0. The van der Waals surface area contributed by atoms with Gasteiger partial charge < -0.3 is 9.47 Å². The van der Waals surface area contributed by atoms with Crippen LogP contribution in [0, 0.1) is 12.3 Å². The minimum atomic E-state index is -0.148. The van der Waals surface area contributed by atoms with Crippen molar-refractivity contribution in [1.29, 1.82) is 0 Å². The summed E-state index contributed by atoms with van der Waals surface area (Å²) >= 11 is 2.35. The van der Waals surface area contributed by atoms with Gasteiger partial charge in [0.2, 0.25) is 0 Å². The van der Waals surface area contributed by atoms with Crippen LogP contribution in [-0.2, 0) is 9.47 Å². The van der Waals surface area contributed by atoms with Crippen LogP contribution in [0.2, 0.25) is 0 Å². The summed E-state index contributed by atoms with van der Waals surface area (Å²) in [6.45, 7) is 2.66. The predicted molar refractivity (Wildman–Crippen MR) is 56.2 cm³/mol. The summed E-state index contributed by atoms with van der Waals surface area (Å²) in [5.41, 5.74) is 0. The number of hydrogen-bond donors (Lipinski definition) is 0. The molecule has 1 saturated heterocycles. The second-order valence-corrected chi connectivity index (χ2v) is 4.44. The number of terminal acetylenes is 1. The van der Waals surface area contributed by atoms with E-state index >= 15 is 0 Å². The van der Waals surface area contributed by atoms with E-state index in [1.807, 2.05) is 6.92 Å². The van der Waals surface area contributed by atoms with E-state index in [0.717, 1.165) is 19.4 Å². The molecule has 0 aliphatic carbocycles. The Balaban J connectivity index is 2.35. The Morgan fingerprint density at radius 1 is 1.75 bits per heavy atom. The third-order valence-corrected chi connectivity index (χ3v) is 2.98. The molecule has 12 heavy (non-hydrogen) atoms. The maximum atomic E-state index is 5.49. The highest BCUT2D eigenvalue weighted by Crippen LogP contribution is 2.23. The van der Waals surface area contributed by atoms with E-state index in [1.165, 1.54) is 0 Å². The molecule has 0 saturated carbocycles. The van der Waals surface area contributed by atoms with Crippen LogP contribution in [0.5, 0.6) is 0 Å². The van der Waals surface area contributed by atoms with Crippen LogP contribution in [0.1, 0.15) is 19.8 Å². The Morgan fingerprint density at radius 3 is 3.08 bits per heavy atom.